The molecule has 20 heavy (non-hydrogen) atoms. The predicted molar refractivity (Wildman–Crippen MR) is 75.1 cm³/mol. The summed E-state index contributed by atoms with van der Waals surface area (Å²) in [6.07, 6.45) is 3.90. The van der Waals surface area contributed by atoms with E-state index in [2.05, 4.69) is 22.2 Å². The lowest BCUT2D eigenvalue weighted by molar-refractivity contribution is 0.399. The van der Waals surface area contributed by atoms with E-state index in [1.165, 1.54) is 12.3 Å². The lowest BCUT2D eigenvalue weighted by Gasteiger charge is -2.19. The number of pyridine rings is 2. The van der Waals surface area contributed by atoms with Crippen LogP contribution in [-0.2, 0) is 0 Å². The van der Waals surface area contributed by atoms with E-state index >= 15 is 0 Å². The molecule has 1 atom stereocenters. The van der Waals surface area contributed by atoms with Gasteiger partial charge in [0.1, 0.15) is 17.3 Å². The maximum Gasteiger partial charge on any atom is 0.142 e. The van der Waals surface area contributed by atoms with E-state index in [-0.39, 0.29) is 11.9 Å². The number of methoxy groups -OCH3 is 1. The second-order valence-electron chi connectivity index (χ2n) is 4.38. The molecule has 2 heterocycles. The summed E-state index contributed by atoms with van der Waals surface area (Å²) in [7, 11) is 1.61. The van der Waals surface area contributed by atoms with Crippen LogP contribution in [0.15, 0.2) is 36.7 Å². The molecule has 2 aromatic heterocycles. The molecule has 1 N–H and O–H groups in total. The van der Waals surface area contributed by atoms with Crippen molar-refractivity contribution in [2.75, 3.05) is 13.7 Å². The van der Waals surface area contributed by atoms with E-state index in [1.54, 1.807) is 19.4 Å². The Labute approximate surface area is 118 Å². The molecule has 5 heteroatoms. The first-order valence-corrected chi connectivity index (χ1v) is 6.60. The highest BCUT2D eigenvalue weighted by Gasteiger charge is 2.20. The van der Waals surface area contributed by atoms with Crippen LogP contribution in [-0.4, -0.2) is 23.6 Å². The molecule has 1 unspecified atom stereocenters. The van der Waals surface area contributed by atoms with Crippen molar-refractivity contribution >= 4 is 0 Å². The van der Waals surface area contributed by atoms with Gasteiger partial charge in [0.15, 0.2) is 0 Å². The zero-order chi connectivity index (χ0) is 14.4. The van der Waals surface area contributed by atoms with E-state index in [4.69, 9.17) is 4.74 Å². The maximum absolute atomic E-state index is 13.0. The maximum atomic E-state index is 13.0. The van der Waals surface area contributed by atoms with Crippen LogP contribution in [0.2, 0.25) is 0 Å². The van der Waals surface area contributed by atoms with Gasteiger partial charge >= 0.3 is 0 Å². The smallest absolute Gasteiger partial charge is 0.142 e. The summed E-state index contributed by atoms with van der Waals surface area (Å²) >= 11 is 0. The fourth-order valence-electron chi connectivity index (χ4n) is 1.98. The Balaban J connectivity index is 2.38. The second kappa shape index (κ2) is 6.96. The van der Waals surface area contributed by atoms with Gasteiger partial charge in [-0.3, -0.25) is 9.97 Å². The fourth-order valence-corrected chi connectivity index (χ4v) is 1.98. The van der Waals surface area contributed by atoms with Crippen molar-refractivity contribution in [1.82, 2.24) is 15.3 Å². The van der Waals surface area contributed by atoms with Crippen molar-refractivity contribution in [3.8, 4) is 5.75 Å². The third-order valence-electron chi connectivity index (χ3n) is 2.94. The molecule has 0 fully saturated rings. The Bertz CT molecular complexity index is 545. The average Bonchev–Trinajstić information content (AvgIpc) is 2.50. The van der Waals surface area contributed by atoms with Crippen molar-refractivity contribution in [2.45, 2.75) is 19.4 Å². The van der Waals surface area contributed by atoms with Crippen LogP contribution in [0.3, 0.4) is 0 Å². The quantitative estimate of drug-likeness (QED) is 0.880. The van der Waals surface area contributed by atoms with Crippen LogP contribution in [0, 0.1) is 5.82 Å². The van der Waals surface area contributed by atoms with Crippen molar-refractivity contribution in [2.24, 2.45) is 0 Å². The zero-order valence-electron chi connectivity index (χ0n) is 11.6. The van der Waals surface area contributed by atoms with Crippen molar-refractivity contribution in [1.29, 1.82) is 0 Å². The van der Waals surface area contributed by atoms with Crippen molar-refractivity contribution in [3.63, 3.8) is 0 Å². The average molecular weight is 275 g/mol. The standard InChI is InChI=1S/C15H18FN3O/c1-3-8-17-14(12-7-6-11(16)10-19-12)15-13(20-2)5-4-9-18-15/h4-7,9-10,14,17H,3,8H2,1-2H3. The first-order chi connectivity index (χ1) is 9.76. The van der Waals surface area contributed by atoms with Gasteiger partial charge in [0.25, 0.3) is 0 Å². The minimum Gasteiger partial charge on any atom is -0.495 e. The monoisotopic (exact) mass is 275 g/mol. The molecule has 0 saturated heterocycles. The first-order valence-electron chi connectivity index (χ1n) is 6.60. The number of ether oxygens (including phenoxy) is 1. The summed E-state index contributed by atoms with van der Waals surface area (Å²) in [5.74, 6) is 0.336. The number of halogens is 1. The SMILES string of the molecule is CCCNC(c1ccc(F)cn1)c1ncccc1OC. The molecular formula is C15H18FN3O. The number of nitrogens with zero attached hydrogens (tertiary/aromatic N) is 2. The second-order valence-corrected chi connectivity index (χ2v) is 4.38. The highest BCUT2D eigenvalue weighted by molar-refractivity contribution is 5.34. The Morgan fingerprint density at radius 1 is 1.30 bits per heavy atom. The molecule has 2 rings (SSSR count). The molecule has 0 aliphatic heterocycles. The van der Waals surface area contributed by atoms with Crippen LogP contribution in [0.25, 0.3) is 0 Å². The van der Waals surface area contributed by atoms with E-state index in [1.807, 2.05) is 12.1 Å². The molecule has 0 aromatic carbocycles. The third kappa shape index (κ3) is 3.30. The van der Waals surface area contributed by atoms with Gasteiger partial charge in [-0.1, -0.05) is 6.92 Å². The van der Waals surface area contributed by atoms with Gasteiger partial charge in [-0.2, -0.15) is 0 Å². The predicted octanol–water partition coefficient (Wildman–Crippen LogP) is 2.71. The fraction of sp³-hybridized carbons (Fsp3) is 0.333. The summed E-state index contributed by atoms with van der Waals surface area (Å²) < 4.78 is 18.4. The van der Waals surface area contributed by atoms with Gasteiger partial charge in [-0.25, -0.2) is 4.39 Å². The molecule has 2 aromatic rings. The summed E-state index contributed by atoms with van der Waals surface area (Å²) in [6.45, 7) is 2.89. The molecule has 106 valence electrons. The molecule has 0 bridgehead atoms. The topological polar surface area (TPSA) is 47.0 Å². The summed E-state index contributed by atoms with van der Waals surface area (Å²) in [6, 6.07) is 6.52. The van der Waals surface area contributed by atoms with Crippen LogP contribution < -0.4 is 10.1 Å². The third-order valence-corrected chi connectivity index (χ3v) is 2.94. The highest BCUT2D eigenvalue weighted by Crippen LogP contribution is 2.26. The van der Waals surface area contributed by atoms with E-state index < -0.39 is 0 Å². The van der Waals surface area contributed by atoms with Gasteiger partial charge in [0, 0.05) is 6.20 Å². The van der Waals surface area contributed by atoms with Crippen LogP contribution >= 0.6 is 0 Å². The van der Waals surface area contributed by atoms with Gasteiger partial charge in [-0.05, 0) is 37.2 Å². The largest absolute Gasteiger partial charge is 0.495 e. The normalized spacial score (nSPS) is 12.2. The Morgan fingerprint density at radius 2 is 2.15 bits per heavy atom. The lowest BCUT2D eigenvalue weighted by atomic mass is 10.1. The zero-order valence-corrected chi connectivity index (χ0v) is 11.6. The number of rotatable bonds is 6. The van der Waals surface area contributed by atoms with E-state index in [0.29, 0.717) is 5.75 Å². The van der Waals surface area contributed by atoms with Gasteiger partial charge in [0.2, 0.25) is 0 Å². The Morgan fingerprint density at radius 3 is 2.80 bits per heavy atom. The molecular weight excluding hydrogens is 257 g/mol. The molecule has 0 aliphatic carbocycles. The molecule has 4 nitrogen and oxygen atoms in total. The first kappa shape index (κ1) is 14.4. The summed E-state index contributed by atoms with van der Waals surface area (Å²) in [4.78, 5) is 8.53. The van der Waals surface area contributed by atoms with Crippen molar-refractivity contribution < 1.29 is 9.13 Å². The van der Waals surface area contributed by atoms with Gasteiger partial charge in [-0.15, -0.1) is 0 Å². The number of aromatic nitrogens is 2. The molecule has 0 spiro atoms. The number of hydrogen-bond acceptors (Lipinski definition) is 4. The molecule has 0 saturated carbocycles. The summed E-state index contributed by atoms with van der Waals surface area (Å²) in [5, 5.41) is 3.37. The number of nitrogens with one attached hydrogen (secondary N) is 1. The molecule has 0 amide bonds. The van der Waals surface area contributed by atoms with Gasteiger partial charge in [0.05, 0.1) is 25.0 Å². The van der Waals surface area contributed by atoms with Crippen LogP contribution in [0.4, 0.5) is 4.39 Å². The Kier molecular flexibility index (Phi) is 5.01. The van der Waals surface area contributed by atoms with Crippen LogP contribution in [0.1, 0.15) is 30.8 Å². The number of hydrogen-bond donors (Lipinski definition) is 1. The molecule has 0 aliphatic rings. The molecule has 0 radical (unpaired) electrons. The minimum absolute atomic E-state index is 0.216. The van der Waals surface area contributed by atoms with Crippen LogP contribution in [0.5, 0.6) is 5.75 Å². The lowest BCUT2D eigenvalue weighted by Crippen LogP contribution is -2.25. The van der Waals surface area contributed by atoms with E-state index in [9.17, 15) is 4.39 Å². The Hall–Kier alpha value is -2.01. The van der Waals surface area contributed by atoms with Crippen molar-refractivity contribution in [3.05, 3.63) is 53.9 Å². The van der Waals surface area contributed by atoms with E-state index in [0.717, 1.165) is 24.4 Å². The highest BCUT2D eigenvalue weighted by atomic mass is 19.1. The minimum atomic E-state index is -0.351. The van der Waals surface area contributed by atoms with Gasteiger partial charge < -0.3 is 10.1 Å². The summed E-state index contributed by atoms with van der Waals surface area (Å²) in [5.41, 5.74) is 1.47.